The summed E-state index contributed by atoms with van der Waals surface area (Å²) in [6.45, 7) is 6.18. The molecule has 2 rings (SSSR count). The Morgan fingerprint density at radius 3 is 2.76 bits per heavy atom. The van der Waals surface area contributed by atoms with Gasteiger partial charge in [-0.25, -0.2) is 9.97 Å². The number of aryl methyl sites for hydroxylation is 2. The molecule has 0 aliphatic carbocycles. The minimum atomic E-state index is 0.127. The van der Waals surface area contributed by atoms with Crippen LogP contribution in [0, 0.1) is 13.8 Å². The van der Waals surface area contributed by atoms with Crippen molar-refractivity contribution in [3.8, 4) is 0 Å². The molecule has 17 heavy (non-hydrogen) atoms. The van der Waals surface area contributed by atoms with Crippen LogP contribution in [0.5, 0.6) is 0 Å². The quantitative estimate of drug-likeness (QED) is 0.855. The highest BCUT2D eigenvalue weighted by Gasteiger charge is 2.14. The monoisotopic (exact) mass is 267 g/mol. The number of aromatic nitrogens is 2. The van der Waals surface area contributed by atoms with Crippen LogP contribution in [0.1, 0.15) is 28.5 Å². The van der Waals surface area contributed by atoms with Gasteiger partial charge in [0.05, 0.1) is 22.4 Å². The molecule has 0 fully saturated rings. The minimum absolute atomic E-state index is 0.127. The summed E-state index contributed by atoms with van der Waals surface area (Å²) < 4.78 is 0. The van der Waals surface area contributed by atoms with E-state index < -0.39 is 0 Å². The maximum atomic E-state index is 6.01. The molecule has 5 heteroatoms. The first kappa shape index (κ1) is 12.3. The van der Waals surface area contributed by atoms with Crippen molar-refractivity contribution < 1.29 is 0 Å². The van der Waals surface area contributed by atoms with Gasteiger partial charge in [0, 0.05) is 11.1 Å². The summed E-state index contributed by atoms with van der Waals surface area (Å²) in [5.41, 5.74) is 1.92. The summed E-state index contributed by atoms with van der Waals surface area (Å²) in [7, 11) is 0. The van der Waals surface area contributed by atoms with Crippen LogP contribution in [0.25, 0.3) is 0 Å². The van der Waals surface area contributed by atoms with Gasteiger partial charge in [0.15, 0.2) is 5.15 Å². The van der Waals surface area contributed by atoms with Crippen LogP contribution in [0.2, 0.25) is 5.15 Å². The third-order valence-electron chi connectivity index (χ3n) is 2.48. The molecule has 1 unspecified atom stereocenters. The van der Waals surface area contributed by atoms with Crippen LogP contribution < -0.4 is 5.32 Å². The SMILES string of the molecule is Cc1nc(C(C)Nc2cccnc2Cl)c(C)s1. The van der Waals surface area contributed by atoms with Crippen LogP contribution in [0.15, 0.2) is 18.3 Å². The molecule has 0 aromatic carbocycles. The highest BCUT2D eigenvalue weighted by molar-refractivity contribution is 7.11. The molecule has 2 heterocycles. The van der Waals surface area contributed by atoms with Crippen LogP contribution in [-0.2, 0) is 0 Å². The van der Waals surface area contributed by atoms with Crippen LogP contribution in [0.4, 0.5) is 5.69 Å². The summed E-state index contributed by atoms with van der Waals surface area (Å²) in [6.07, 6.45) is 1.68. The molecule has 0 amide bonds. The smallest absolute Gasteiger partial charge is 0.152 e. The van der Waals surface area contributed by atoms with Gasteiger partial charge >= 0.3 is 0 Å². The molecule has 0 saturated carbocycles. The number of rotatable bonds is 3. The van der Waals surface area contributed by atoms with E-state index in [-0.39, 0.29) is 6.04 Å². The molecule has 2 aromatic rings. The Hall–Kier alpha value is -1.13. The molecule has 0 saturated heterocycles. The van der Waals surface area contributed by atoms with Gasteiger partial charge < -0.3 is 5.32 Å². The first-order valence-electron chi connectivity index (χ1n) is 5.39. The molecule has 3 nitrogen and oxygen atoms in total. The second-order valence-electron chi connectivity index (χ2n) is 3.88. The number of thiazole rings is 1. The van der Waals surface area contributed by atoms with Gasteiger partial charge in [-0.15, -0.1) is 11.3 Å². The Balaban J connectivity index is 2.20. The molecule has 2 aromatic heterocycles. The van der Waals surface area contributed by atoms with Gasteiger partial charge in [0.2, 0.25) is 0 Å². The number of pyridine rings is 1. The van der Waals surface area contributed by atoms with Gasteiger partial charge in [-0.1, -0.05) is 11.6 Å². The van der Waals surface area contributed by atoms with E-state index in [4.69, 9.17) is 11.6 Å². The second kappa shape index (κ2) is 5.02. The fourth-order valence-electron chi connectivity index (χ4n) is 1.74. The topological polar surface area (TPSA) is 37.8 Å². The lowest BCUT2D eigenvalue weighted by Gasteiger charge is -2.14. The minimum Gasteiger partial charge on any atom is -0.374 e. The number of anilines is 1. The number of halogens is 1. The fourth-order valence-corrected chi connectivity index (χ4v) is 2.83. The predicted molar refractivity (Wildman–Crippen MR) is 72.9 cm³/mol. The predicted octanol–water partition coefficient (Wildman–Crippen LogP) is 3.98. The van der Waals surface area contributed by atoms with Gasteiger partial charge in [0.25, 0.3) is 0 Å². The fraction of sp³-hybridized carbons (Fsp3) is 0.333. The zero-order valence-electron chi connectivity index (χ0n) is 9.99. The van der Waals surface area contributed by atoms with Crippen molar-refractivity contribution in [2.45, 2.75) is 26.8 Å². The zero-order chi connectivity index (χ0) is 12.4. The van der Waals surface area contributed by atoms with Gasteiger partial charge in [-0.2, -0.15) is 0 Å². The maximum Gasteiger partial charge on any atom is 0.152 e. The lowest BCUT2D eigenvalue weighted by molar-refractivity contribution is 0.836. The molecular formula is C12H14ClN3S. The molecule has 0 aliphatic rings. The van der Waals surface area contributed by atoms with Crippen molar-refractivity contribution in [2.75, 3.05) is 5.32 Å². The average Bonchev–Trinajstić information content (AvgIpc) is 2.61. The Morgan fingerprint density at radius 1 is 1.41 bits per heavy atom. The van der Waals surface area contributed by atoms with Crippen molar-refractivity contribution in [1.82, 2.24) is 9.97 Å². The van der Waals surface area contributed by atoms with Crippen molar-refractivity contribution in [3.63, 3.8) is 0 Å². The highest BCUT2D eigenvalue weighted by Crippen LogP contribution is 2.27. The lowest BCUT2D eigenvalue weighted by atomic mass is 10.2. The normalized spacial score (nSPS) is 12.5. The third-order valence-corrected chi connectivity index (χ3v) is 3.68. The average molecular weight is 268 g/mol. The number of nitrogens with zero attached hydrogens (tertiary/aromatic N) is 2. The molecule has 90 valence electrons. The van der Waals surface area contributed by atoms with Crippen molar-refractivity contribution in [3.05, 3.63) is 39.1 Å². The third kappa shape index (κ3) is 2.76. The number of hydrogen-bond donors (Lipinski definition) is 1. The van der Waals surface area contributed by atoms with Gasteiger partial charge in [0.1, 0.15) is 0 Å². The van der Waals surface area contributed by atoms with Gasteiger partial charge in [-0.3, -0.25) is 0 Å². The summed E-state index contributed by atoms with van der Waals surface area (Å²) in [5.74, 6) is 0. The standard InChI is InChI=1S/C12H14ClN3S/c1-7(11-8(2)17-9(3)16-11)15-10-5-4-6-14-12(10)13/h4-7,15H,1-3H3. The van der Waals surface area contributed by atoms with Gasteiger partial charge in [-0.05, 0) is 32.9 Å². The largest absolute Gasteiger partial charge is 0.374 e. The molecule has 0 radical (unpaired) electrons. The van der Waals surface area contributed by atoms with E-state index in [2.05, 4.69) is 29.1 Å². The molecule has 0 spiro atoms. The van der Waals surface area contributed by atoms with Crippen molar-refractivity contribution >= 4 is 28.6 Å². The summed E-state index contributed by atoms with van der Waals surface area (Å²) in [6, 6.07) is 3.90. The van der Waals surface area contributed by atoms with E-state index in [1.54, 1.807) is 17.5 Å². The molecule has 0 bridgehead atoms. The van der Waals surface area contributed by atoms with Crippen molar-refractivity contribution in [2.24, 2.45) is 0 Å². The van der Waals surface area contributed by atoms with Crippen molar-refractivity contribution in [1.29, 1.82) is 0 Å². The van der Waals surface area contributed by atoms with E-state index in [1.165, 1.54) is 4.88 Å². The molecule has 0 aliphatic heterocycles. The van der Waals surface area contributed by atoms with Crippen LogP contribution in [-0.4, -0.2) is 9.97 Å². The highest BCUT2D eigenvalue weighted by atomic mass is 35.5. The lowest BCUT2D eigenvalue weighted by Crippen LogP contribution is -2.08. The van der Waals surface area contributed by atoms with E-state index in [9.17, 15) is 0 Å². The van der Waals surface area contributed by atoms with E-state index >= 15 is 0 Å². The summed E-state index contributed by atoms with van der Waals surface area (Å²) in [5, 5.41) is 4.91. The first-order valence-corrected chi connectivity index (χ1v) is 6.58. The second-order valence-corrected chi connectivity index (χ2v) is 5.65. The zero-order valence-corrected chi connectivity index (χ0v) is 11.6. The van der Waals surface area contributed by atoms with E-state index in [1.807, 2.05) is 19.1 Å². The Morgan fingerprint density at radius 2 is 2.18 bits per heavy atom. The Kier molecular flexibility index (Phi) is 3.64. The number of nitrogens with one attached hydrogen (secondary N) is 1. The first-order chi connectivity index (χ1) is 8.08. The van der Waals surface area contributed by atoms with E-state index in [0.29, 0.717) is 5.15 Å². The Bertz CT molecular complexity index is 524. The summed E-state index contributed by atoms with van der Waals surface area (Å²) >= 11 is 7.72. The van der Waals surface area contributed by atoms with Crippen LogP contribution in [0.3, 0.4) is 0 Å². The number of hydrogen-bond acceptors (Lipinski definition) is 4. The molecular weight excluding hydrogens is 254 g/mol. The molecule has 1 N–H and O–H groups in total. The van der Waals surface area contributed by atoms with Crippen LogP contribution >= 0.6 is 22.9 Å². The Labute approximate surface area is 110 Å². The summed E-state index contributed by atoms with van der Waals surface area (Å²) in [4.78, 5) is 9.81. The molecule has 1 atom stereocenters. The maximum absolute atomic E-state index is 6.01. The van der Waals surface area contributed by atoms with E-state index in [0.717, 1.165) is 16.4 Å².